The van der Waals surface area contributed by atoms with Gasteiger partial charge in [-0.25, -0.2) is 0 Å². The molecule has 1 aliphatic carbocycles. The number of fused-ring (bicyclic) bond motifs is 1. The van der Waals surface area contributed by atoms with Crippen molar-refractivity contribution in [1.29, 1.82) is 0 Å². The molecule has 1 heterocycles. The van der Waals surface area contributed by atoms with Crippen LogP contribution in [0.1, 0.15) is 34.9 Å². The number of nitrogens with zero attached hydrogens (tertiary/aromatic N) is 2. The standard InChI is InChI=1S/C17H24N2O/c1-17(2,18(3)4)12-19-10-9-13-11-15(7-8-16(13)19)20-14-5-6-14/h7-11,14H,5-6,12H2,1-4H3/i3D3,4D3. The summed E-state index contributed by atoms with van der Waals surface area (Å²) in [6.45, 7) is -1.92. The largest absolute Gasteiger partial charge is 0.490 e. The maximum Gasteiger partial charge on any atom is 0.120 e. The zero-order valence-electron chi connectivity index (χ0n) is 17.9. The first-order valence-corrected chi connectivity index (χ1v) is 6.94. The van der Waals surface area contributed by atoms with Gasteiger partial charge in [0.25, 0.3) is 0 Å². The van der Waals surface area contributed by atoms with Gasteiger partial charge in [-0.1, -0.05) is 0 Å². The van der Waals surface area contributed by atoms with Crippen molar-refractivity contribution >= 4 is 10.9 Å². The summed E-state index contributed by atoms with van der Waals surface area (Å²) in [6.07, 6.45) is 4.35. The second-order valence-corrected chi connectivity index (χ2v) is 6.13. The Hall–Kier alpha value is -1.48. The number of rotatable bonds is 5. The highest BCUT2D eigenvalue weighted by atomic mass is 16.5. The predicted molar refractivity (Wildman–Crippen MR) is 83.4 cm³/mol. The van der Waals surface area contributed by atoms with E-state index in [4.69, 9.17) is 13.0 Å². The van der Waals surface area contributed by atoms with Crippen LogP contribution in [0.3, 0.4) is 0 Å². The molecule has 1 aliphatic rings. The van der Waals surface area contributed by atoms with E-state index >= 15 is 0 Å². The summed E-state index contributed by atoms with van der Waals surface area (Å²) in [5.74, 6) is 0.823. The van der Waals surface area contributed by atoms with Gasteiger partial charge in [-0.05, 0) is 64.9 Å². The highest BCUT2D eigenvalue weighted by molar-refractivity contribution is 5.81. The van der Waals surface area contributed by atoms with E-state index < -0.39 is 19.5 Å². The summed E-state index contributed by atoms with van der Waals surface area (Å²) in [4.78, 5) is 0.642. The second kappa shape index (κ2) is 4.81. The van der Waals surface area contributed by atoms with Crippen LogP contribution >= 0.6 is 0 Å². The lowest BCUT2D eigenvalue weighted by atomic mass is 10.0. The summed E-state index contributed by atoms with van der Waals surface area (Å²) >= 11 is 0. The smallest absolute Gasteiger partial charge is 0.120 e. The van der Waals surface area contributed by atoms with Crippen molar-refractivity contribution in [3.05, 3.63) is 30.5 Å². The fourth-order valence-electron chi connectivity index (χ4n) is 2.26. The molecule has 1 aromatic carbocycles. The second-order valence-electron chi connectivity index (χ2n) is 6.13. The van der Waals surface area contributed by atoms with Crippen LogP contribution < -0.4 is 4.74 Å². The molecule has 3 nitrogen and oxygen atoms in total. The van der Waals surface area contributed by atoms with Gasteiger partial charge in [0.15, 0.2) is 0 Å². The van der Waals surface area contributed by atoms with Crippen LogP contribution in [0.15, 0.2) is 30.5 Å². The molecule has 0 N–H and O–H groups in total. The maximum atomic E-state index is 7.66. The predicted octanol–water partition coefficient (Wildman–Crippen LogP) is 3.52. The lowest BCUT2D eigenvalue weighted by molar-refractivity contribution is 0.171. The molecule has 108 valence electrons. The van der Waals surface area contributed by atoms with Crippen LogP contribution in [0, 0.1) is 0 Å². The molecule has 0 unspecified atom stereocenters. The Labute approximate surface area is 129 Å². The number of likely N-dealkylation sites (N-methyl/N-ethyl adjacent to an activating group) is 1. The fraction of sp³-hybridized carbons (Fsp3) is 0.529. The van der Waals surface area contributed by atoms with Crippen molar-refractivity contribution in [1.82, 2.24) is 9.47 Å². The number of hydrogen-bond donors (Lipinski definition) is 0. The minimum Gasteiger partial charge on any atom is -0.490 e. The van der Waals surface area contributed by atoms with E-state index in [9.17, 15) is 0 Å². The Kier molecular flexibility index (Phi) is 1.94. The number of aromatic nitrogens is 1. The Balaban J connectivity index is 1.88. The topological polar surface area (TPSA) is 17.4 Å². The molecule has 3 heteroatoms. The average Bonchev–Trinajstić information content (AvgIpc) is 3.16. The Morgan fingerprint density at radius 3 is 2.85 bits per heavy atom. The van der Waals surface area contributed by atoms with Crippen molar-refractivity contribution in [2.45, 2.75) is 44.9 Å². The summed E-state index contributed by atoms with van der Waals surface area (Å²) in [6, 6.07) is 7.72. The zero-order chi connectivity index (χ0) is 19.3. The third-order valence-corrected chi connectivity index (χ3v) is 3.73. The van der Waals surface area contributed by atoms with Gasteiger partial charge in [0.2, 0.25) is 0 Å². The first-order chi connectivity index (χ1) is 11.9. The van der Waals surface area contributed by atoms with E-state index in [0.29, 0.717) is 11.0 Å². The Morgan fingerprint density at radius 1 is 1.35 bits per heavy atom. The molecule has 1 aromatic heterocycles. The first-order valence-electron chi connectivity index (χ1n) is 9.94. The van der Waals surface area contributed by atoms with Gasteiger partial charge in [-0.15, -0.1) is 0 Å². The minimum absolute atomic E-state index is 0.232. The molecule has 0 spiro atoms. The lowest BCUT2D eigenvalue weighted by Gasteiger charge is -2.33. The van der Waals surface area contributed by atoms with E-state index in [1.54, 1.807) is 13.8 Å². The molecule has 0 aliphatic heterocycles. The number of hydrogen-bond acceptors (Lipinski definition) is 2. The van der Waals surface area contributed by atoms with E-state index in [0.717, 1.165) is 29.5 Å². The van der Waals surface area contributed by atoms with Crippen LogP contribution in [0.4, 0.5) is 0 Å². The van der Waals surface area contributed by atoms with Gasteiger partial charge in [0.05, 0.1) is 6.10 Å². The van der Waals surface area contributed by atoms with E-state index in [1.807, 2.05) is 35.0 Å². The molecule has 0 atom stereocenters. The Morgan fingerprint density at radius 2 is 2.15 bits per heavy atom. The minimum atomic E-state index is -2.72. The first kappa shape index (κ1) is 8.08. The van der Waals surface area contributed by atoms with E-state index in [-0.39, 0.29) is 6.54 Å². The zero-order valence-corrected chi connectivity index (χ0v) is 11.9. The van der Waals surface area contributed by atoms with Crippen LogP contribution in [-0.2, 0) is 6.54 Å². The highest BCUT2D eigenvalue weighted by Gasteiger charge is 2.24. The van der Waals surface area contributed by atoms with Crippen LogP contribution in [-0.4, -0.2) is 35.1 Å². The van der Waals surface area contributed by atoms with Crippen LogP contribution in [0.25, 0.3) is 10.9 Å². The molecule has 1 saturated carbocycles. The molecule has 0 bridgehead atoms. The van der Waals surface area contributed by atoms with E-state index in [1.165, 1.54) is 0 Å². The van der Waals surface area contributed by atoms with Gasteiger partial charge >= 0.3 is 0 Å². The third-order valence-electron chi connectivity index (χ3n) is 3.73. The summed E-state index contributed by atoms with van der Waals surface area (Å²) in [7, 11) is 0. The normalized spacial score (nSPS) is 21.8. The summed E-state index contributed by atoms with van der Waals surface area (Å²) in [5.41, 5.74) is -0.191. The highest BCUT2D eigenvalue weighted by Crippen LogP contribution is 2.29. The van der Waals surface area contributed by atoms with Crippen molar-refractivity contribution in [2.75, 3.05) is 14.0 Å². The molecule has 20 heavy (non-hydrogen) atoms. The van der Waals surface area contributed by atoms with Crippen molar-refractivity contribution in [2.24, 2.45) is 0 Å². The van der Waals surface area contributed by atoms with Crippen molar-refractivity contribution < 1.29 is 13.0 Å². The van der Waals surface area contributed by atoms with Gasteiger partial charge in [0, 0.05) is 37.4 Å². The van der Waals surface area contributed by atoms with Gasteiger partial charge in [-0.3, -0.25) is 0 Å². The molecule has 0 radical (unpaired) electrons. The molecule has 2 aromatic rings. The quantitative estimate of drug-likeness (QED) is 0.832. The molecule has 1 fully saturated rings. The van der Waals surface area contributed by atoms with Crippen molar-refractivity contribution in [3.63, 3.8) is 0 Å². The number of ether oxygens (including phenoxy) is 1. The molecule has 0 saturated heterocycles. The summed E-state index contributed by atoms with van der Waals surface area (Å²) < 4.78 is 53.7. The number of benzene rings is 1. The fourth-order valence-corrected chi connectivity index (χ4v) is 2.26. The van der Waals surface area contributed by atoms with Gasteiger partial charge in [0.1, 0.15) is 5.75 Å². The van der Waals surface area contributed by atoms with Gasteiger partial charge < -0.3 is 14.2 Å². The van der Waals surface area contributed by atoms with Crippen LogP contribution in [0.2, 0.25) is 0 Å². The molecule has 0 amide bonds. The van der Waals surface area contributed by atoms with Crippen molar-refractivity contribution in [3.8, 4) is 5.75 Å². The third kappa shape index (κ3) is 2.68. The molecular formula is C17H24N2O. The lowest BCUT2D eigenvalue weighted by Crippen LogP contribution is -2.41. The van der Waals surface area contributed by atoms with E-state index in [2.05, 4.69) is 0 Å². The maximum absolute atomic E-state index is 7.66. The monoisotopic (exact) mass is 278 g/mol. The van der Waals surface area contributed by atoms with Crippen LogP contribution in [0.5, 0.6) is 5.75 Å². The van der Waals surface area contributed by atoms with Gasteiger partial charge in [-0.2, -0.15) is 0 Å². The SMILES string of the molecule is [2H]C([2H])([2H])N(C([2H])([2H])[2H])C(C)(C)Cn1ccc2cc(OC3CC3)ccc21. The molecular weight excluding hydrogens is 248 g/mol. The Bertz CT molecular complexity index is 775. The average molecular weight is 278 g/mol. The summed E-state index contributed by atoms with van der Waals surface area (Å²) in [5, 5.41) is 0.980. The molecule has 3 rings (SSSR count).